The first-order valence-corrected chi connectivity index (χ1v) is 6.91. The molecule has 0 amide bonds. The maximum atomic E-state index is 11.8. The van der Waals surface area contributed by atoms with Gasteiger partial charge in [-0.3, -0.25) is 0 Å². The number of esters is 1. The summed E-state index contributed by atoms with van der Waals surface area (Å²) in [6.45, 7) is 4.17. The molecule has 0 saturated carbocycles. The molecule has 1 aromatic rings. The Morgan fingerprint density at radius 2 is 1.79 bits per heavy atom. The molecule has 0 aliphatic carbocycles. The summed E-state index contributed by atoms with van der Waals surface area (Å²) in [5, 5.41) is 0. The normalized spacial score (nSPS) is 11.5. The van der Waals surface area contributed by atoms with Gasteiger partial charge < -0.3 is 14.2 Å². The molecular weight excluding hydrogens is 267 g/mol. The predicted octanol–water partition coefficient (Wildman–Crippen LogP) is 2.68. The smallest absolute Gasteiger partial charge is 0.401 e. The van der Waals surface area contributed by atoms with E-state index in [1.54, 1.807) is 38.1 Å². The van der Waals surface area contributed by atoms with Crippen molar-refractivity contribution < 1.29 is 23.6 Å². The lowest BCUT2D eigenvalue weighted by atomic mass is 10.1. The first kappa shape index (κ1) is 15.8. The fourth-order valence-corrected chi connectivity index (χ4v) is 2.51. The third-order valence-electron chi connectivity index (χ3n) is 2.52. The molecule has 5 nitrogen and oxygen atoms in total. The summed E-state index contributed by atoms with van der Waals surface area (Å²) in [6.07, 6.45) is 0. The molecule has 1 unspecified atom stereocenters. The lowest BCUT2D eigenvalue weighted by Gasteiger charge is -2.22. The first-order valence-electron chi connectivity index (χ1n) is 6.00. The maximum absolute atomic E-state index is 11.8. The van der Waals surface area contributed by atoms with Gasteiger partial charge in [-0.15, -0.1) is 0 Å². The van der Waals surface area contributed by atoms with Crippen LogP contribution in [-0.4, -0.2) is 26.3 Å². The fraction of sp³-hybridized carbons (Fsp3) is 0.462. The minimum Gasteiger partial charge on any atom is -0.465 e. The van der Waals surface area contributed by atoms with Crippen LogP contribution in [0.25, 0.3) is 0 Å². The molecule has 0 bridgehead atoms. The zero-order valence-electron chi connectivity index (χ0n) is 11.3. The lowest BCUT2D eigenvalue weighted by Crippen LogP contribution is -2.29. The molecule has 0 spiro atoms. The van der Waals surface area contributed by atoms with Gasteiger partial charge in [-0.05, 0) is 26.0 Å². The maximum Gasteiger partial charge on any atom is 0.401 e. The summed E-state index contributed by atoms with van der Waals surface area (Å²) < 4.78 is 27.4. The van der Waals surface area contributed by atoms with Gasteiger partial charge in [-0.2, -0.15) is 0 Å². The summed E-state index contributed by atoms with van der Waals surface area (Å²) in [5.41, 5.74) is -0.719. The number of benzene rings is 1. The van der Waals surface area contributed by atoms with Crippen LogP contribution >= 0.6 is 8.46 Å². The summed E-state index contributed by atoms with van der Waals surface area (Å²) in [6, 6.07) is 6.68. The predicted molar refractivity (Wildman–Crippen MR) is 71.7 cm³/mol. The van der Waals surface area contributed by atoms with Crippen LogP contribution in [0.3, 0.4) is 0 Å². The van der Waals surface area contributed by atoms with E-state index in [9.17, 15) is 9.36 Å². The van der Waals surface area contributed by atoms with Crippen LogP contribution in [0.2, 0.25) is 0 Å². The SMILES string of the molecule is CCOC(OCC)([PH+]=O)c1ccccc1C(=O)OC. The fourth-order valence-electron chi connectivity index (χ4n) is 1.78. The van der Waals surface area contributed by atoms with Crippen molar-refractivity contribution in [3.63, 3.8) is 0 Å². The quantitative estimate of drug-likeness (QED) is 0.438. The number of carbonyl (C=O) groups excluding carboxylic acids is 1. The zero-order chi connectivity index (χ0) is 14.3. The molecule has 19 heavy (non-hydrogen) atoms. The highest BCUT2D eigenvalue weighted by atomic mass is 31.1. The van der Waals surface area contributed by atoms with Gasteiger partial charge in [-0.25, -0.2) is 4.79 Å². The molecule has 0 fully saturated rings. The molecule has 0 aliphatic heterocycles. The van der Waals surface area contributed by atoms with E-state index in [0.29, 0.717) is 18.8 Å². The molecule has 0 N–H and O–H groups in total. The van der Waals surface area contributed by atoms with Crippen LogP contribution in [0, 0.1) is 0 Å². The summed E-state index contributed by atoms with van der Waals surface area (Å²) in [5.74, 6) is -0.516. The zero-order valence-corrected chi connectivity index (χ0v) is 12.3. The second-order valence-corrected chi connectivity index (χ2v) is 4.48. The first-order chi connectivity index (χ1) is 9.15. The van der Waals surface area contributed by atoms with Crippen molar-refractivity contribution in [1.82, 2.24) is 0 Å². The Balaban J connectivity index is 3.36. The van der Waals surface area contributed by atoms with Crippen molar-refractivity contribution in [2.75, 3.05) is 20.3 Å². The minimum absolute atomic E-state index is 0.287. The molecule has 0 aromatic heterocycles. The van der Waals surface area contributed by atoms with Gasteiger partial charge in [0.15, 0.2) is 0 Å². The molecule has 6 heteroatoms. The van der Waals surface area contributed by atoms with Gasteiger partial charge in [0, 0.05) is 0 Å². The van der Waals surface area contributed by atoms with Crippen molar-refractivity contribution >= 4 is 14.4 Å². The topological polar surface area (TPSA) is 61.8 Å². The van der Waals surface area contributed by atoms with E-state index in [1.165, 1.54) is 7.11 Å². The number of carbonyl (C=O) groups is 1. The van der Waals surface area contributed by atoms with Gasteiger partial charge >= 0.3 is 20.0 Å². The average Bonchev–Trinajstić information content (AvgIpc) is 2.46. The number of methoxy groups -OCH3 is 1. The van der Waals surface area contributed by atoms with Crippen LogP contribution in [0.1, 0.15) is 29.8 Å². The molecule has 1 rings (SSSR count). The molecule has 1 atom stereocenters. The van der Waals surface area contributed by atoms with E-state index in [1.807, 2.05) is 0 Å². The average molecular weight is 285 g/mol. The Hall–Kier alpha value is -1.29. The van der Waals surface area contributed by atoms with Crippen molar-refractivity contribution in [2.45, 2.75) is 19.4 Å². The van der Waals surface area contributed by atoms with Crippen LogP contribution in [-0.2, 0) is 24.3 Å². The summed E-state index contributed by atoms with van der Waals surface area (Å²) in [7, 11) is 0.392. The Kier molecular flexibility index (Phi) is 6.09. The van der Waals surface area contributed by atoms with Crippen LogP contribution in [0.4, 0.5) is 0 Å². The second-order valence-electron chi connectivity index (χ2n) is 3.62. The number of hydrogen-bond donors (Lipinski definition) is 0. The van der Waals surface area contributed by atoms with E-state index < -0.39 is 20.0 Å². The summed E-state index contributed by atoms with van der Waals surface area (Å²) in [4.78, 5) is 11.8. The van der Waals surface area contributed by atoms with Crippen molar-refractivity contribution in [3.05, 3.63) is 35.4 Å². The van der Waals surface area contributed by atoms with Crippen molar-refractivity contribution in [3.8, 4) is 0 Å². The van der Waals surface area contributed by atoms with E-state index in [0.717, 1.165) is 0 Å². The van der Waals surface area contributed by atoms with Crippen molar-refractivity contribution in [1.29, 1.82) is 0 Å². The Morgan fingerprint density at radius 3 is 2.26 bits per heavy atom. The highest BCUT2D eigenvalue weighted by molar-refractivity contribution is 7.24. The number of hydrogen-bond acceptors (Lipinski definition) is 5. The standard InChI is InChI=1S/C13H17O5P/c1-4-17-13(19-15,18-5-2)11-9-7-6-8-10(11)12(14)16-3/h6-9H,4-5H2,1-3H3/p+1. The lowest BCUT2D eigenvalue weighted by molar-refractivity contribution is -0.177. The van der Waals surface area contributed by atoms with Crippen molar-refractivity contribution in [2.24, 2.45) is 0 Å². The van der Waals surface area contributed by atoms with Crippen LogP contribution < -0.4 is 0 Å². The van der Waals surface area contributed by atoms with Crippen LogP contribution in [0.15, 0.2) is 24.3 Å². The monoisotopic (exact) mass is 285 g/mol. The minimum atomic E-state index is -1.42. The molecule has 0 aliphatic rings. The van der Waals surface area contributed by atoms with E-state index >= 15 is 0 Å². The number of rotatable bonds is 7. The molecule has 0 radical (unpaired) electrons. The third kappa shape index (κ3) is 3.38. The van der Waals surface area contributed by atoms with Gasteiger partial charge in [-0.1, -0.05) is 16.7 Å². The molecule has 0 saturated heterocycles. The largest absolute Gasteiger partial charge is 0.465 e. The second kappa shape index (κ2) is 7.34. The van der Waals surface area contributed by atoms with Gasteiger partial charge in [0.05, 0.1) is 31.5 Å². The van der Waals surface area contributed by atoms with Gasteiger partial charge in [0.25, 0.3) is 0 Å². The van der Waals surface area contributed by atoms with Gasteiger partial charge in [0.2, 0.25) is 0 Å². The molecular formula is C13H18O5P+. The highest BCUT2D eigenvalue weighted by Crippen LogP contribution is 2.39. The third-order valence-corrected chi connectivity index (χ3v) is 3.34. The Labute approximate surface area is 114 Å². The Morgan fingerprint density at radius 1 is 1.21 bits per heavy atom. The molecule has 1 aromatic carbocycles. The highest BCUT2D eigenvalue weighted by Gasteiger charge is 2.46. The van der Waals surface area contributed by atoms with Gasteiger partial charge in [0.1, 0.15) is 0 Å². The van der Waals surface area contributed by atoms with E-state index in [4.69, 9.17) is 14.2 Å². The molecule has 0 heterocycles. The number of ether oxygens (including phenoxy) is 3. The molecule has 104 valence electrons. The Bertz CT molecular complexity index is 440. The van der Waals surface area contributed by atoms with E-state index in [2.05, 4.69) is 0 Å². The van der Waals surface area contributed by atoms with E-state index in [-0.39, 0.29) is 5.56 Å². The summed E-state index contributed by atoms with van der Waals surface area (Å²) >= 11 is 0. The van der Waals surface area contributed by atoms with Crippen LogP contribution in [0.5, 0.6) is 0 Å².